The second-order valence-corrected chi connectivity index (χ2v) is 4.67. The number of rotatable bonds is 3. The SMILES string of the molecule is CCN(C)C(=O)C(C)n1c(N)nc2c(C)ccnc21. The molecule has 0 saturated carbocycles. The van der Waals surface area contributed by atoms with E-state index in [4.69, 9.17) is 5.73 Å². The van der Waals surface area contributed by atoms with E-state index in [0.717, 1.165) is 11.1 Å². The van der Waals surface area contributed by atoms with Crippen LogP contribution in [0.25, 0.3) is 11.2 Å². The summed E-state index contributed by atoms with van der Waals surface area (Å²) in [6.07, 6.45) is 1.70. The number of carbonyl (C=O) groups is 1. The Morgan fingerprint density at radius 1 is 1.58 bits per heavy atom. The highest BCUT2D eigenvalue weighted by Gasteiger charge is 2.23. The first-order valence-corrected chi connectivity index (χ1v) is 6.31. The average Bonchev–Trinajstić information content (AvgIpc) is 2.74. The largest absolute Gasteiger partial charge is 0.369 e. The maximum Gasteiger partial charge on any atom is 0.245 e. The van der Waals surface area contributed by atoms with Crippen molar-refractivity contribution in [1.29, 1.82) is 0 Å². The molecule has 2 aromatic heterocycles. The molecule has 0 spiro atoms. The Morgan fingerprint density at radius 3 is 2.89 bits per heavy atom. The lowest BCUT2D eigenvalue weighted by molar-refractivity contribution is -0.132. The third-order valence-corrected chi connectivity index (χ3v) is 3.40. The molecule has 6 heteroatoms. The Bertz CT molecular complexity index is 619. The van der Waals surface area contributed by atoms with Crippen molar-refractivity contribution in [3.8, 4) is 0 Å². The first-order valence-electron chi connectivity index (χ1n) is 6.31. The fourth-order valence-corrected chi connectivity index (χ4v) is 2.09. The van der Waals surface area contributed by atoms with Crippen molar-refractivity contribution in [2.75, 3.05) is 19.3 Å². The number of fused-ring (bicyclic) bond motifs is 1. The molecule has 19 heavy (non-hydrogen) atoms. The number of nitrogens with zero attached hydrogens (tertiary/aromatic N) is 4. The number of carbonyl (C=O) groups excluding carboxylic acids is 1. The van der Waals surface area contributed by atoms with Crippen LogP contribution in [0.15, 0.2) is 12.3 Å². The van der Waals surface area contributed by atoms with Gasteiger partial charge in [0.2, 0.25) is 11.9 Å². The highest BCUT2D eigenvalue weighted by Crippen LogP contribution is 2.24. The number of anilines is 1. The molecule has 2 rings (SSSR count). The summed E-state index contributed by atoms with van der Waals surface area (Å²) in [5, 5.41) is 0. The van der Waals surface area contributed by atoms with Gasteiger partial charge >= 0.3 is 0 Å². The van der Waals surface area contributed by atoms with Gasteiger partial charge < -0.3 is 10.6 Å². The third-order valence-electron chi connectivity index (χ3n) is 3.40. The zero-order valence-electron chi connectivity index (χ0n) is 11.7. The van der Waals surface area contributed by atoms with Crippen LogP contribution in [-0.4, -0.2) is 38.9 Å². The van der Waals surface area contributed by atoms with E-state index < -0.39 is 6.04 Å². The van der Waals surface area contributed by atoms with Gasteiger partial charge in [0.05, 0.1) is 0 Å². The molecule has 1 unspecified atom stereocenters. The maximum atomic E-state index is 12.2. The molecule has 1 atom stereocenters. The Labute approximate surface area is 112 Å². The minimum absolute atomic E-state index is 0.00296. The zero-order chi connectivity index (χ0) is 14.2. The van der Waals surface area contributed by atoms with E-state index in [0.29, 0.717) is 18.1 Å². The number of amides is 1. The average molecular weight is 261 g/mol. The summed E-state index contributed by atoms with van der Waals surface area (Å²) >= 11 is 0. The Kier molecular flexibility index (Phi) is 3.42. The monoisotopic (exact) mass is 261 g/mol. The molecule has 2 N–H and O–H groups in total. The number of likely N-dealkylation sites (N-methyl/N-ethyl adjacent to an activating group) is 1. The molecule has 0 aliphatic rings. The van der Waals surface area contributed by atoms with E-state index in [1.54, 1.807) is 22.7 Å². The van der Waals surface area contributed by atoms with Gasteiger partial charge in [0.15, 0.2) is 5.65 Å². The van der Waals surface area contributed by atoms with E-state index in [-0.39, 0.29) is 5.91 Å². The summed E-state index contributed by atoms with van der Waals surface area (Å²) in [5.74, 6) is 0.318. The van der Waals surface area contributed by atoms with Gasteiger partial charge in [0, 0.05) is 19.8 Å². The molecule has 0 bridgehead atoms. The smallest absolute Gasteiger partial charge is 0.245 e. The topological polar surface area (TPSA) is 77.0 Å². The summed E-state index contributed by atoms with van der Waals surface area (Å²) in [4.78, 5) is 22.5. The molecule has 0 saturated heterocycles. The predicted octanol–water partition coefficient (Wildman–Crippen LogP) is 1.36. The van der Waals surface area contributed by atoms with E-state index in [1.165, 1.54) is 0 Å². The molecule has 6 nitrogen and oxygen atoms in total. The quantitative estimate of drug-likeness (QED) is 0.905. The molecule has 2 heterocycles. The van der Waals surface area contributed by atoms with Gasteiger partial charge in [-0.25, -0.2) is 9.97 Å². The minimum atomic E-state index is -0.413. The van der Waals surface area contributed by atoms with Crippen LogP contribution < -0.4 is 5.73 Å². The summed E-state index contributed by atoms with van der Waals surface area (Å²) in [6, 6.07) is 1.47. The lowest BCUT2D eigenvalue weighted by Gasteiger charge is -2.21. The van der Waals surface area contributed by atoms with Gasteiger partial charge in [-0.2, -0.15) is 0 Å². The summed E-state index contributed by atoms with van der Waals surface area (Å²) in [5.41, 5.74) is 8.35. The minimum Gasteiger partial charge on any atom is -0.369 e. The second kappa shape index (κ2) is 4.87. The van der Waals surface area contributed by atoms with Crippen LogP contribution in [0.3, 0.4) is 0 Å². The van der Waals surface area contributed by atoms with Crippen LogP contribution in [0, 0.1) is 6.92 Å². The number of aryl methyl sites for hydroxylation is 1. The third kappa shape index (κ3) is 2.14. The van der Waals surface area contributed by atoms with Crippen LogP contribution in [-0.2, 0) is 4.79 Å². The number of pyridine rings is 1. The molecule has 0 fully saturated rings. The highest BCUT2D eigenvalue weighted by molar-refractivity contribution is 5.84. The van der Waals surface area contributed by atoms with Gasteiger partial charge in [-0.15, -0.1) is 0 Å². The maximum absolute atomic E-state index is 12.2. The summed E-state index contributed by atoms with van der Waals surface area (Å²) in [7, 11) is 1.77. The molecule has 0 radical (unpaired) electrons. The van der Waals surface area contributed by atoms with Crippen molar-refractivity contribution >= 4 is 23.0 Å². The van der Waals surface area contributed by atoms with Crippen LogP contribution in [0.4, 0.5) is 5.95 Å². The van der Waals surface area contributed by atoms with Crippen molar-refractivity contribution in [2.24, 2.45) is 0 Å². The lowest BCUT2D eigenvalue weighted by atomic mass is 10.2. The first-order chi connectivity index (χ1) is 8.97. The Morgan fingerprint density at radius 2 is 2.26 bits per heavy atom. The molecule has 0 aliphatic carbocycles. The van der Waals surface area contributed by atoms with E-state index >= 15 is 0 Å². The number of aromatic nitrogens is 3. The molecule has 1 amide bonds. The number of imidazole rings is 1. The number of hydrogen-bond donors (Lipinski definition) is 1. The normalized spacial score (nSPS) is 12.6. The molecule has 0 aliphatic heterocycles. The highest BCUT2D eigenvalue weighted by atomic mass is 16.2. The van der Waals surface area contributed by atoms with Crippen molar-refractivity contribution < 1.29 is 4.79 Å². The summed E-state index contributed by atoms with van der Waals surface area (Å²) < 4.78 is 1.69. The molecular weight excluding hydrogens is 242 g/mol. The van der Waals surface area contributed by atoms with Crippen LogP contribution in [0.1, 0.15) is 25.5 Å². The summed E-state index contributed by atoms with van der Waals surface area (Å²) in [6.45, 7) is 6.35. The zero-order valence-corrected chi connectivity index (χ0v) is 11.7. The Balaban J connectivity index is 2.53. The Hall–Kier alpha value is -2.11. The fraction of sp³-hybridized carbons (Fsp3) is 0.462. The van der Waals surface area contributed by atoms with Crippen molar-refractivity contribution in [2.45, 2.75) is 26.8 Å². The fourth-order valence-electron chi connectivity index (χ4n) is 2.09. The van der Waals surface area contributed by atoms with E-state index in [2.05, 4.69) is 9.97 Å². The van der Waals surface area contributed by atoms with E-state index in [1.807, 2.05) is 26.8 Å². The van der Waals surface area contributed by atoms with Crippen molar-refractivity contribution in [1.82, 2.24) is 19.4 Å². The van der Waals surface area contributed by atoms with Crippen molar-refractivity contribution in [3.05, 3.63) is 17.8 Å². The number of nitrogens with two attached hydrogens (primary N) is 1. The lowest BCUT2D eigenvalue weighted by Crippen LogP contribution is -2.33. The van der Waals surface area contributed by atoms with Gasteiger partial charge in [-0.05, 0) is 32.4 Å². The molecule has 2 aromatic rings. The van der Waals surface area contributed by atoms with Crippen LogP contribution in [0.2, 0.25) is 0 Å². The predicted molar refractivity (Wildman–Crippen MR) is 74.7 cm³/mol. The standard InChI is InChI=1S/C13H19N5O/c1-5-17(4)12(19)9(3)18-11-10(16-13(18)14)8(2)6-7-15-11/h6-7,9H,5H2,1-4H3,(H2,14,16). The number of hydrogen-bond acceptors (Lipinski definition) is 4. The number of nitrogen functional groups attached to an aromatic ring is 1. The first kappa shape index (κ1) is 13.3. The molecule has 102 valence electrons. The second-order valence-electron chi connectivity index (χ2n) is 4.67. The van der Waals surface area contributed by atoms with Gasteiger partial charge in [-0.3, -0.25) is 9.36 Å². The molecular formula is C13H19N5O. The van der Waals surface area contributed by atoms with Gasteiger partial charge in [-0.1, -0.05) is 0 Å². The van der Waals surface area contributed by atoms with Crippen molar-refractivity contribution in [3.63, 3.8) is 0 Å². The van der Waals surface area contributed by atoms with Crippen LogP contribution >= 0.6 is 0 Å². The molecule has 0 aromatic carbocycles. The van der Waals surface area contributed by atoms with E-state index in [9.17, 15) is 4.79 Å². The van der Waals surface area contributed by atoms with Gasteiger partial charge in [0.1, 0.15) is 11.6 Å². The van der Waals surface area contributed by atoms with Crippen LogP contribution in [0.5, 0.6) is 0 Å². The van der Waals surface area contributed by atoms with Gasteiger partial charge in [0.25, 0.3) is 0 Å².